The topological polar surface area (TPSA) is 15.8 Å². The van der Waals surface area contributed by atoms with E-state index in [2.05, 4.69) is 74.4 Å². The Bertz CT molecular complexity index is 972. The van der Waals surface area contributed by atoms with Crippen LogP contribution in [0.5, 0.6) is 0 Å². The van der Waals surface area contributed by atoms with Gasteiger partial charge in [-0.3, -0.25) is 0 Å². The zero-order chi connectivity index (χ0) is 15.3. The van der Waals surface area contributed by atoms with Gasteiger partial charge in [0.25, 0.3) is 0 Å². The summed E-state index contributed by atoms with van der Waals surface area (Å²) in [7, 11) is 0. The monoisotopic (exact) mass is 413 g/mol. The molecule has 22 heavy (non-hydrogen) atoms. The maximum absolute atomic E-state index is 3.62. The molecule has 0 fully saturated rings. The number of aromatic amines is 1. The summed E-state index contributed by atoms with van der Waals surface area (Å²) < 4.78 is 1.64. The number of para-hydroxylation sites is 2. The molecular weight excluding hydrogens is 393 g/mol. The van der Waals surface area contributed by atoms with Crippen molar-refractivity contribution in [2.75, 3.05) is 0 Å². The first-order chi connectivity index (χ1) is 10.5. The van der Waals surface area contributed by atoms with E-state index in [1.807, 2.05) is 11.3 Å². The van der Waals surface area contributed by atoms with E-state index >= 15 is 0 Å². The van der Waals surface area contributed by atoms with Crippen LogP contribution in [0.2, 0.25) is 14.8 Å². The number of thiophene rings is 1. The van der Waals surface area contributed by atoms with Crippen LogP contribution < -0.4 is 2.89 Å². The van der Waals surface area contributed by atoms with Gasteiger partial charge in [-0.15, -0.1) is 0 Å². The fourth-order valence-electron chi connectivity index (χ4n) is 2.96. The molecule has 4 rings (SSSR count). The molecule has 1 N–H and O–H groups in total. The van der Waals surface area contributed by atoms with Crippen molar-refractivity contribution in [1.29, 1.82) is 0 Å². The van der Waals surface area contributed by atoms with Crippen LogP contribution in [-0.2, 0) is 0 Å². The molecule has 2 aromatic carbocycles. The van der Waals surface area contributed by atoms with E-state index in [9.17, 15) is 0 Å². The number of rotatable bonds is 2. The molecule has 0 spiro atoms. The fourth-order valence-corrected chi connectivity index (χ4v) is 9.29. The molecular formula is C19H19NSSn. The molecule has 0 bridgehead atoms. The van der Waals surface area contributed by atoms with Crippen LogP contribution >= 0.6 is 11.3 Å². The predicted molar refractivity (Wildman–Crippen MR) is 102 cm³/mol. The Morgan fingerprint density at radius 1 is 0.818 bits per heavy atom. The zero-order valence-electron chi connectivity index (χ0n) is 13.1. The standard InChI is InChI=1S/C16H10NS.3CH3.Sn/c1-2-8-14-11(5-1)12-6-3-7-13(16(12)17-14)15-9-4-10-18-15;;;;/h1-9,17H;3*1H3;. The molecule has 0 radical (unpaired) electrons. The second kappa shape index (κ2) is 5.14. The number of fused-ring (bicyclic) bond motifs is 3. The van der Waals surface area contributed by atoms with E-state index in [4.69, 9.17) is 0 Å². The van der Waals surface area contributed by atoms with Crippen LogP contribution in [0, 0.1) is 0 Å². The van der Waals surface area contributed by atoms with Crippen LogP contribution in [-0.4, -0.2) is 23.4 Å². The van der Waals surface area contributed by atoms with E-state index in [0.29, 0.717) is 0 Å². The van der Waals surface area contributed by atoms with E-state index in [1.165, 1.54) is 32.2 Å². The van der Waals surface area contributed by atoms with E-state index < -0.39 is 18.4 Å². The third-order valence-corrected chi connectivity index (χ3v) is 14.8. The van der Waals surface area contributed by atoms with Crippen molar-refractivity contribution in [3.05, 3.63) is 54.6 Å². The van der Waals surface area contributed by atoms with Gasteiger partial charge in [0.15, 0.2) is 0 Å². The second-order valence-corrected chi connectivity index (χ2v) is 23.3. The summed E-state index contributed by atoms with van der Waals surface area (Å²) in [6.45, 7) is 0. The van der Waals surface area contributed by atoms with Gasteiger partial charge in [0.05, 0.1) is 0 Å². The summed E-state index contributed by atoms with van der Waals surface area (Å²) in [5, 5.41) is 2.63. The number of aromatic nitrogens is 1. The van der Waals surface area contributed by atoms with Gasteiger partial charge in [0, 0.05) is 0 Å². The normalized spacial score (nSPS) is 12.3. The van der Waals surface area contributed by atoms with Crippen LogP contribution in [0.1, 0.15) is 0 Å². The van der Waals surface area contributed by atoms with Crippen LogP contribution in [0.25, 0.3) is 32.2 Å². The van der Waals surface area contributed by atoms with Gasteiger partial charge in [-0.1, -0.05) is 0 Å². The molecule has 0 saturated carbocycles. The Morgan fingerprint density at radius 3 is 2.36 bits per heavy atom. The molecule has 0 atom stereocenters. The summed E-state index contributed by atoms with van der Waals surface area (Å²) >= 11 is 0.0163. The van der Waals surface area contributed by atoms with Gasteiger partial charge in [0.2, 0.25) is 0 Å². The second-order valence-electron chi connectivity index (χ2n) is 6.81. The molecule has 0 aliphatic carbocycles. The molecule has 2 aromatic heterocycles. The Hall–Kier alpha value is -1.26. The summed E-state index contributed by atoms with van der Waals surface area (Å²) in [6, 6.07) is 19.9. The number of hydrogen-bond acceptors (Lipinski definition) is 1. The van der Waals surface area contributed by atoms with Crippen molar-refractivity contribution in [2.24, 2.45) is 0 Å². The maximum atomic E-state index is 3.62. The van der Waals surface area contributed by atoms with Crippen molar-refractivity contribution in [3.8, 4) is 10.4 Å². The Balaban J connectivity index is 1.97. The Labute approximate surface area is 138 Å². The molecule has 2 heterocycles. The van der Waals surface area contributed by atoms with E-state index in [1.54, 1.807) is 2.89 Å². The average Bonchev–Trinajstić information content (AvgIpc) is 3.11. The minimum absolute atomic E-state index is 1.22. The summed E-state index contributed by atoms with van der Waals surface area (Å²) in [4.78, 5) is 12.4. The van der Waals surface area contributed by atoms with E-state index in [0.717, 1.165) is 0 Å². The van der Waals surface area contributed by atoms with Crippen LogP contribution in [0.3, 0.4) is 0 Å². The molecule has 0 aliphatic rings. The van der Waals surface area contributed by atoms with Gasteiger partial charge in [-0.05, 0) is 0 Å². The first-order valence-electron chi connectivity index (χ1n) is 7.64. The van der Waals surface area contributed by atoms with Crippen LogP contribution in [0.15, 0.2) is 54.6 Å². The van der Waals surface area contributed by atoms with Crippen molar-refractivity contribution < 1.29 is 0 Å². The van der Waals surface area contributed by atoms with Gasteiger partial charge in [-0.25, -0.2) is 0 Å². The minimum atomic E-state index is -1.97. The van der Waals surface area contributed by atoms with Crippen molar-refractivity contribution in [3.63, 3.8) is 0 Å². The van der Waals surface area contributed by atoms with Gasteiger partial charge < -0.3 is 0 Å². The van der Waals surface area contributed by atoms with E-state index in [-0.39, 0.29) is 0 Å². The zero-order valence-corrected chi connectivity index (χ0v) is 16.8. The third-order valence-electron chi connectivity index (χ3n) is 4.15. The Morgan fingerprint density at radius 2 is 1.59 bits per heavy atom. The first kappa shape index (κ1) is 14.3. The predicted octanol–water partition coefficient (Wildman–Crippen LogP) is 5.59. The first-order valence-corrected chi connectivity index (χ1v) is 18.4. The number of hydrogen-bond donors (Lipinski definition) is 1. The number of H-pyrrole nitrogens is 1. The number of benzene rings is 2. The molecule has 110 valence electrons. The molecule has 1 nitrogen and oxygen atoms in total. The molecule has 0 aliphatic heterocycles. The third kappa shape index (κ3) is 2.29. The SMILES string of the molecule is [CH3][Sn]([CH3])([CH3])[c]1ccc(-c2cccc3c2[nH]c2ccccc23)s1. The average molecular weight is 412 g/mol. The number of nitrogens with one attached hydrogen (secondary N) is 1. The fraction of sp³-hybridized carbons (Fsp3) is 0.158. The van der Waals surface area contributed by atoms with Gasteiger partial charge >= 0.3 is 139 Å². The quantitative estimate of drug-likeness (QED) is 0.413. The van der Waals surface area contributed by atoms with Gasteiger partial charge in [-0.2, -0.15) is 0 Å². The van der Waals surface area contributed by atoms with Crippen molar-refractivity contribution >= 4 is 54.4 Å². The van der Waals surface area contributed by atoms with Crippen LogP contribution in [0.4, 0.5) is 0 Å². The summed E-state index contributed by atoms with van der Waals surface area (Å²) in [6.07, 6.45) is 0. The summed E-state index contributed by atoms with van der Waals surface area (Å²) in [5.41, 5.74) is 3.82. The summed E-state index contributed by atoms with van der Waals surface area (Å²) in [5.74, 6) is 0. The molecule has 3 heteroatoms. The molecule has 0 saturated heterocycles. The van der Waals surface area contributed by atoms with Crippen molar-refractivity contribution in [2.45, 2.75) is 14.8 Å². The molecule has 4 aromatic rings. The van der Waals surface area contributed by atoms with Crippen molar-refractivity contribution in [1.82, 2.24) is 4.98 Å². The van der Waals surface area contributed by atoms with Gasteiger partial charge in [0.1, 0.15) is 0 Å². The molecule has 0 unspecified atom stereocenters. The molecule has 0 amide bonds. The Kier molecular flexibility index (Phi) is 3.35.